The highest BCUT2D eigenvalue weighted by molar-refractivity contribution is 6.04. The van der Waals surface area contributed by atoms with Gasteiger partial charge in [-0.3, -0.25) is 9.59 Å². The molecule has 1 atom stereocenters. The van der Waals surface area contributed by atoms with E-state index in [-0.39, 0.29) is 17.3 Å². The summed E-state index contributed by atoms with van der Waals surface area (Å²) in [6.07, 6.45) is 1.38. The fourth-order valence-electron chi connectivity index (χ4n) is 2.72. The normalized spacial score (nSPS) is 12.7. The summed E-state index contributed by atoms with van der Waals surface area (Å²) in [5, 5.41) is 15.8. The molecule has 1 amide bonds. The van der Waals surface area contributed by atoms with Gasteiger partial charge in [0.25, 0.3) is 5.91 Å². The molecule has 0 aliphatic heterocycles. The van der Waals surface area contributed by atoms with Crippen molar-refractivity contribution in [3.05, 3.63) is 42.0 Å². The summed E-state index contributed by atoms with van der Waals surface area (Å²) in [7, 11) is 0. The van der Waals surface area contributed by atoms with E-state index in [1.807, 2.05) is 31.2 Å². The SMILES string of the molecule is CCCC(C(=O)OCC)/C(C)=N/NC(=O)c1cc2ccccc2cc1O. The third-order valence-corrected chi connectivity index (χ3v) is 4.10. The Labute approximate surface area is 152 Å². The minimum absolute atomic E-state index is 0.121. The number of nitrogens with zero attached hydrogens (tertiary/aromatic N) is 1. The van der Waals surface area contributed by atoms with Gasteiger partial charge in [0.1, 0.15) is 5.75 Å². The van der Waals surface area contributed by atoms with Gasteiger partial charge in [-0.1, -0.05) is 37.6 Å². The molecule has 0 radical (unpaired) electrons. The molecule has 0 spiro atoms. The minimum atomic E-state index is -0.535. The van der Waals surface area contributed by atoms with Crippen molar-refractivity contribution in [2.75, 3.05) is 6.61 Å². The standard InChI is InChI=1S/C20H24N2O4/c1-4-8-16(20(25)26-5-2)13(3)21-22-19(24)17-11-14-9-6-7-10-15(14)12-18(17)23/h6-7,9-12,16,23H,4-5,8H2,1-3H3,(H,22,24)/b21-13+. The van der Waals surface area contributed by atoms with Crippen LogP contribution in [0.3, 0.4) is 0 Å². The number of phenolic OH excluding ortho intramolecular Hbond substituents is 1. The number of fused-ring (bicyclic) bond motifs is 1. The topological polar surface area (TPSA) is 88.0 Å². The lowest BCUT2D eigenvalue weighted by Crippen LogP contribution is -2.28. The van der Waals surface area contributed by atoms with Crippen molar-refractivity contribution in [3.63, 3.8) is 0 Å². The quantitative estimate of drug-likeness (QED) is 0.450. The lowest BCUT2D eigenvalue weighted by atomic mass is 9.99. The monoisotopic (exact) mass is 356 g/mol. The van der Waals surface area contributed by atoms with Crippen molar-refractivity contribution in [1.82, 2.24) is 5.43 Å². The van der Waals surface area contributed by atoms with Crippen molar-refractivity contribution in [1.29, 1.82) is 0 Å². The van der Waals surface area contributed by atoms with Crippen LogP contribution in [0.4, 0.5) is 0 Å². The third kappa shape index (κ3) is 4.59. The number of carbonyl (C=O) groups is 2. The highest BCUT2D eigenvalue weighted by atomic mass is 16.5. The van der Waals surface area contributed by atoms with Crippen molar-refractivity contribution in [2.24, 2.45) is 11.0 Å². The van der Waals surface area contributed by atoms with Crippen molar-refractivity contribution in [3.8, 4) is 5.75 Å². The Morgan fingerprint density at radius 3 is 2.46 bits per heavy atom. The maximum atomic E-state index is 12.4. The summed E-state index contributed by atoms with van der Waals surface area (Å²) in [5.74, 6) is -1.50. The van der Waals surface area contributed by atoms with Crippen LogP contribution in [0.1, 0.15) is 44.0 Å². The van der Waals surface area contributed by atoms with E-state index < -0.39 is 11.8 Å². The van der Waals surface area contributed by atoms with Crippen molar-refractivity contribution in [2.45, 2.75) is 33.6 Å². The van der Waals surface area contributed by atoms with Crippen molar-refractivity contribution < 1.29 is 19.4 Å². The molecule has 0 saturated heterocycles. The van der Waals surface area contributed by atoms with Crippen LogP contribution < -0.4 is 5.43 Å². The van der Waals surface area contributed by atoms with Gasteiger partial charge in [-0.25, -0.2) is 5.43 Å². The summed E-state index contributed by atoms with van der Waals surface area (Å²) in [5.41, 5.74) is 3.02. The van der Waals surface area contributed by atoms with Gasteiger partial charge in [-0.05, 0) is 43.2 Å². The second-order valence-corrected chi connectivity index (χ2v) is 6.00. The molecule has 0 aliphatic carbocycles. The molecule has 0 bridgehead atoms. The lowest BCUT2D eigenvalue weighted by molar-refractivity contribution is -0.145. The first-order valence-electron chi connectivity index (χ1n) is 8.70. The Morgan fingerprint density at radius 2 is 1.85 bits per heavy atom. The molecule has 2 aromatic rings. The van der Waals surface area contributed by atoms with Gasteiger partial charge in [-0.15, -0.1) is 0 Å². The second-order valence-electron chi connectivity index (χ2n) is 6.00. The molecular weight excluding hydrogens is 332 g/mol. The fraction of sp³-hybridized carbons (Fsp3) is 0.350. The number of benzene rings is 2. The Hall–Kier alpha value is -2.89. The van der Waals surface area contributed by atoms with Crippen molar-refractivity contribution >= 4 is 28.4 Å². The van der Waals surface area contributed by atoms with Gasteiger partial charge < -0.3 is 9.84 Å². The van der Waals surface area contributed by atoms with Gasteiger partial charge >= 0.3 is 5.97 Å². The number of aromatic hydroxyl groups is 1. The minimum Gasteiger partial charge on any atom is -0.507 e. The number of hydrazone groups is 1. The van der Waals surface area contributed by atoms with Crippen LogP contribution in [0.2, 0.25) is 0 Å². The number of ether oxygens (including phenoxy) is 1. The van der Waals surface area contributed by atoms with Gasteiger partial charge in [-0.2, -0.15) is 5.10 Å². The van der Waals surface area contributed by atoms with Crippen LogP contribution in [0.5, 0.6) is 5.75 Å². The first-order valence-corrected chi connectivity index (χ1v) is 8.70. The van der Waals surface area contributed by atoms with E-state index in [1.165, 1.54) is 0 Å². The molecule has 6 heteroatoms. The van der Waals surface area contributed by atoms with Crippen LogP contribution in [0, 0.1) is 5.92 Å². The van der Waals surface area contributed by atoms with E-state index in [4.69, 9.17) is 4.74 Å². The first-order chi connectivity index (χ1) is 12.5. The average molecular weight is 356 g/mol. The number of carbonyl (C=O) groups excluding carboxylic acids is 2. The maximum Gasteiger partial charge on any atom is 0.314 e. The largest absolute Gasteiger partial charge is 0.507 e. The highest BCUT2D eigenvalue weighted by Gasteiger charge is 2.22. The molecule has 0 aromatic heterocycles. The molecular formula is C20H24N2O4. The van der Waals surface area contributed by atoms with E-state index in [9.17, 15) is 14.7 Å². The summed E-state index contributed by atoms with van der Waals surface area (Å²) >= 11 is 0. The van der Waals surface area contributed by atoms with Crippen LogP contribution >= 0.6 is 0 Å². The molecule has 1 unspecified atom stereocenters. The molecule has 2 N–H and O–H groups in total. The number of nitrogens with one attached hydrogen (secondary N) is 1. The van der Waals surface area contributed by atoms with E-state index in [2.05, 4.69) is 10.5 Å². The third-order valence-electron chi connectivity index (χ3n) is 4.10. The number of hydrogen-bond donors (Lipinski definition) is 2. The Kier molecular flexibility index (Phi) is 6.72. The Balaban J connectivity index is 2.19. The molecule has 2 aromatic carbocycles. The number of rotatable bonds is 7. The van der Waals surface area contributed by atoms with E-state index >= 15 is 0 Å². The zero-order chi connectivity index (χ0) is 19.1. The average Bonchev–Trinajstić information content (AvgIpc) is 2.63. The van der Waals surface area contributed by atoms with Gasteiger partial charge in [0.2, 0.25) is 0 Å². The molecule has 6 nitrogen and oxygen atoms in total. The molecule has 0 fully saturated rings. The predicted molar refractivity (Wildman–Crippen MR) is 101 cm³/mol. The van der Waals surface area contributed by atoms with Crippen LogP contribution in [-0.4, -0.2) is 29.3 Å². The smallest absolute Gasteiger partial charge is 0.314 e. The summed E-state index contributed by atoms with van der Waals surface area (Å²) in [6.45, 7) is 5.68. The molecule has 0 aliphatic rings. The molecule has 2 rings (SSSR count). The van der Waals surface area contributed by atoms with Crippen LogP contribution in [0.15, 0.2) is 41.5 Å². The van der Waals surface area contributed by atoms with Gasteiger partial charge in [0, 0.05) is 5.71 Å². The van der Waals surface area contributed by atoms with Gasteiger partial charge in [0.15, 0.2) is 0 Å². The summed E-state index contributed by atoms with van der Waals surface area (Å²) < 4.78 is 5.06. The number of phenols is 1. The van der Waals surface area contributed by atoms with Crippen LogP contribution in [-0.2, 0) is 9.53 Å². The zero-order valence-corrected chi connectivity index (χ0v) is 15.3. The second kappa shape index (κ2) is 8.99. The van der Waals surface area contributed by atoms with E-state index in [0.717, 1.165) is 17.2 Å². The Morgan fingerprint density at radius 1 is 1.19 bits per heavy atom. The Bertz CT molecular complexity index is 830. The molecule has 138 valence electrons. The van der Waals surface area contributed by atoms with Gasteiger partial charge in [0.05, 0.1) is 18.1 Å². The fourth-order valence-corrected chi connectivity index (χ4v) is 2.72. The number of hydrogen-bond acceptors (Lipinski definition) is 5. The highest BCUT2D eigenvalue weighted by Crippen LogP contribution is 2.24. The zero-order valence-electron chi connectivity index (χ0n) is 15.3. The number of amides is 1. The molecule has 0 heterocycles. The molecule has 26 heavy (non-hydrogen) atoms. The number of esters is 1. The maximum absolute atomic E-state index is 12.4. The lowest BCUT2D eigenvalue weighted by Gasteiger charge is -2.14. The summed E-state index contributed by atoms with van der Waals surface area (Å²) in [6, 6.07) is 10.6. The van der Waals surface area contributed by atoms with E-state index in [0.29, 0.717) is 18.7 Å². The van der Waals surface area contributed by atoms with E-state index in [1.54, 1.807) is 26.0 Å². The predicted octanol–water partition coefficient (Wildman–Crippen LogP) is 3.63. The molecule has 0 saturated carbocycles. The summed E-state index contributed by atoms with van der Waals surface area (Å²) in [4.78, 5) is 24.4. The van der Waals surface area contributed by atoms with Crippen LogP contribution in [0.25, 0.3) is 10.8 Å². The first kappa shape index (κ1) is 19.4.